The minimum absolute atomic E-state index is 0.0384. The van der Waals surface area contributed by atoms with Gasteiger partial charge in [0, 0.05) is 30.4 Å². The fourth-order valence-electron chi connectivity index (χ4n) is 2.93. The molecule has 0 radical (unpaired) electrons. The Morgan fingerprint density at radius 3 is 2.67 bits per heavy atom. The summed E-state index contributed by atoms with van der Waals surface area (Å²) in [6.45, 7) is 4.91. The van der Waals surface area contributed by atoms with Gasteiger partial charge in [0.15, 0.2) is 0 Å². The molecular weight excluding hydrogens is 262 g/mol. The molecule has 0 spiro atoms. The van der Waals surface area contributed by atoms with Crippen molar-refractivity contribution in [1.29, 1.82) is 0 Å². The fraction of sp³-hybridized carbons (Fsp3) is 0.588. The van der Waals surface area contributed by atoms with Crippen LogP contribution >= 0.6 is 0 Å². The van der Waals surface area contributed by atoms with Gasteiger partial charge in [0.2, 0.25) is 5.91 Å². The summed E-state index contributed by atoms with van der Waals surface area (Å²) in [4.78, 5) is 11.0. The molecule has 116 valence electrons. The van der Waals surface area contributed by atoms with Crippen molar-refractivity contribution in [3.8, 4) is 0 Å². The molecule has 1 aliphatic heterocycles. The first kappa shape index (κ1) is 15.8. The summed E-state index contributed by atoms with van der Waals surface area (Å²) >= 11 is 0. The van der Waals surface area contributed by atoms with Gasteiger partial charge in [-0.05, 0) is 57.0 Å². The van der Waals surface area contributed by atoms with Crippen LogP contribution in [0.4, 0.5) is 11.4 Å². The summed E-state index contributed by atoms with van der Waals surface area (Å²) in [6.07, 6.45) is 6.44. The number of nitrogens with one attached hydrogen (secondary N) is 3. The summed E-state index contributed by atoms with van der Waals surface area (Å²) in [6, 6.07) is 8.96. The first-order valence-electron chi connectivity index (χ1n) is 8.01. The minimum atomic E-state index is -0.0384. The van der Waals surface area contributed by atoms with Crippen LogP contribution < -0.4 is 16.0 Å². The molecule has 0 bridgehead atoms. The molecule has 3 N–H and O–H groups in total. The van der Waals surface area contributed by atoms with Crippen LogP contribution in [0, 0.1) is 0 Å². The van der Waals surface area contributed by atoms with Gasteiger partial charge in [-0.3, -0.25) is 4.79 Å². The van der Waals surface area contributed by atoms with Crippen molar-refractivity contribution < 1.29 is 4.79 Å². The third-order valence-electron chi connectivity index (χ3n) is 3.92. The lowest BCUT2D eigenvalue weighted by atomic mass is 10.0. The number of carbonyl (C=O) groups excluding carboxylic acids is 1. The fourth-order valence-corrected chi connectivity index (χ4v) is 2.93. The Morgan fingerprint density at radius 1 is 1.24 bits per heavy atom. The third-order valence-corrected chi connectivity index (χ3v) is 3.92. The normalized spacial score (nSPS) is 20.4. The van der Waals surface area contributed by atoms with Gasteiger partial charge >= 0.3 is 0 Å². The Labute approximate surface area is 127 Å². The lowest BCUT2D eigenvalue weighted by Gasteiger charge is -2.22. The Bertz CT molecular complexity index is 436. The maximum absolute atomic E-state index is 11.0. The molecule has 1 amide bonds. The molecule has 1 aromatic rings. The van der Waals surface area contributed by atoms with E-state index in [2.05, 4.69) is 22.9 Å². The van der Waals surface area contributed by atoms with E-state index in [1.54, 1.807) is 0 Å². The van der Waals surface area contributed by atoms with Crippen LogP contribution in [-0.4, -0.2) is 24.5 Å². The molecule has 2 atom stereocenters. The highest BCUT2D eigenvalue weighted by atomic mass is 16.1. The quantitative estimate of drug-likeness (QED) is 0.779. The van der Waals surface area contributed by atoms with E-state index in [9.17, 15) is 4.79 Å². The number of rotatable bonds is 5. The predicted octanol–water partition coefficient (Wildman–Crippen LogP) is 3.37. The van der Waals surface area contributed by atoms with E-state index in [0.717, 1.165) is 24.3 Å². The zero-order chi connectivity index (χ0) is 15.1. The summed E-state index contributed by atoms with van der Waals surface area (Å²) < 4.78 is 0. The molecule has 1 aromatic carbocycles. The number of anilines is 2. The summed E-state index contributed by atoms with van der Waals surface area (Å²) in [5.74, 6) is -0.0384. The van der Waals surface area contributed by atoms with E-state index >= 15 is 0 Å². The van der Waals surface area contributed by atoms with Crippen LogP contribution in [0.1, 0.15) is 46.0 Å². The van der Waals surface area contributed by atoms with Gasteiger partial charge in [0.05, 0.1) is 0 Å². The van der Waals surface area contributed by atoms with E-state index in [0.29, 0.717) is 12.1 Å². The topological polar surface area (TPSA) is 53.2 Å². The molecule has 1 heterocycles. The number of hydrogen-bond donors (Lipinski definition) is 3. The highest BCUT2D eigenvalue weighted by Gasteiger charge is 2.14. The summed E-state index contributed by atoms with van der Waals surface area (Å²) in [5.41, 5.74) is 1.94. The molecule has 0 saturated carbocycles. The van der Waals surface area contributed by atoms with Crippen LogP contribution in [-0.2, 0) is 4.79 Å². The summed E-state index contributed by atoms with van der Waals surface area (Å²) in [5, 5.41) is 9.96. The van der Waals surface area contributed by atoms with E-state index in [4.69, 9.17) is 0 Å². The first-order chi connectivity index (χ1) is 10.1. The molecule has 2 unspecified atom stereocenters. The van der Waals surface area contributed by atoms with Crippen molar-refractivity contribution in [1.82, 2.24) is 5.32 Å². The Morgan fingerprint density at radius 2 is 1.95 bits per heavy atom. The van der Waals surface area contributed by atoms with Crippen LogP contribution in [0.5, 0.6) is 0 Å². The smallest absolute Gasteiger partial charge is 0.221 e. The molecule has 1 saturated heterocycles. The highest BCUT2D eigenvalue weighted by molar-refractivity contribution is 5.88. The molecule has 1 fully saturated rings. The molecule has 0 aromatic heterocycles. The Balaban J connectivity index is 1.81. The lowest BCUT2D eigenvalue weighted by Crippen LogP contribution is -2.33. The molecule has 2 rings (SSSR count). The molecule has 21 heavy (non-hydrogen) atoms. The predicted molar refractivity (Wildman–Crippen MR) is 88.7 cm³/mol. The number of hydrogen-bond acceptors (Lipinski definition) is 3. The van der Waals surface area contributed by atoms with E-state index in [1.807, 2.05) is 24.3 Å². The van der Waals surface area contributed by atoms with Crippen molar-refractivity contribution in [3.63, 3.8) is 0 Å². The average Bonchev–Trinajstić information content (AvgIpc) is 2.69. The SMILES string of the molecule is CC(=O)Nc1ccc(NC(C)CC2CCCCCN2)cc1. The molecule has 0 aliphatic carbocycles. The summed E-state index contributed by atoms with van der Waals surface area (Å²) in [7, 11) is 0. The van der Waals surface area contributed by atoms with Gasteiger partial charge < -0.3 is 16.0 Å². The van der Waals surface area contributed by atoms with E-state index < -0.39 is 0 Å². The first-order valence-corrected chi connectivity index (χ1v) is 8.01. The van der Waals surface area contributed by atoms with Crippen molar-refractivity contribution in [2.24, 2.45) is 0 Å². The highest BCUT2D eigenvalue weighted by Crippen LogP contribution is 2.17. The van der Waals surface area contributed by atoms with Gasteiger partial charge in [0.1, 0.15) is 0 Å². The van der Waals surface area contributed by atoms with Gasteiger partial charge in [-0.25, -0.2) is 0 Å². The van der Waals surface area contributed by atoms with Gasteiger partial charge in [-0.2, -0.15) is 0 Å². The second-order valence-corrected chi connectivity index (χ2v) is 6.04. The number of benzene rings is 1. The maximum Gasteiger partial charge on any atom is 0.221 e. The molecule has 4 nitrogen and oxygen atoms in total. The third kappa shape index (κ3) is 5.76. The molecular formula is C17H27N3O. The maximum atomic E-state index is 11.0. The average molecular weight is 289 g/mol. The second-order valence-electron chi connectivity index (χ2n) is 6.04. The zero-order valence-corrected chi connectivity index (χ0v) is 13.1. The van der Waals surface area contributed by atoms with Crippen molar-refractivity contribution >= 4 is 17.3 Å². The number of amides is 1. The standard InChI is InChI=1S/C17H27N3O/c1-13(12-17-6-4-3-5-11-18-17)19-15-7-9-16(10-8-15)20-14(2)21/h7-10,13,17-19H,3-6,11-12H2,1-2H3,(H,20,21). The van der Waals surface area contributed by atoms with Gasteiger partial charge in [-0.15, -0.1) is 0 Å². The van der Waals surface area contributed by atoms with Crippen molar-refractivity contribution in [2.45, 2.75) is 58.0 Å². The largest absolute Gasteiger partial charge is 0.383 e. The van der Waals surface area contributed by atoms with Crippen LogP contribution in [0.3, 0.4) is 0 Å². The Kier molecular flexibility index (Phi) is 6.05. The van der Waals surface area contributed by atoms with E-state index in [1.165, 1.54) is 32.6 Å². The van der Waals surface area contributed by atoms with Crippen LogP contribution in [0.25, 0.3) is 0 Å². The zero-order valence-electron chi connectivity index (χ0n) is 13.1. The lowest BCUT2D eigenvalue weighted by molar-refractivity contribution is -0.114. The molecule has 4 heteroatoms. The van der Waals surface area contributed by atoms with Gasteiger partial charge in [-0.1, -0.05) is 12.8 Å². The van der Waals surface area contributed by atoms with Crippen LogP contribution in [0.2, 0.25) is 0 Å². The van der Waals surface area contributed by atoms with Crippen molar-refractivity contribution in [2.75, 3.05) is 17.2 Å². The molecule has 1 aliphatic rings. The number of carbonyl (C=O) groups is 1. The second kappa shape index (κ2) is 8.03. The minimum Gasteiger partial charge on any atom is -0.383 e. The Hall–Kier alpha value is -1.55. The van der Waals surface area contributed by atoms with Crippen molar-refractivity contribution in [3.05, 3.63) is 24.3 Å². The van der Waals surface area contributed by atoms with E-state index in [-0.39, 0.29) is 5.91 Å². The van der Waals surface area contributed by atoms with Crippen LogP contribution in [0.15, 0.2) is 24.3 Å². The van der Waals surface area contributed by atoms with Gasteiger partial charge in [0.25, 0.3) is 0 Å². The monoisotopic (exact) mass is 289 g/mol.